The molecule has 0 fully saturated rings. The van der Waals surface area contributed by atoms with Crippen molar-refractivity contribution in [1.82, 2.24) is 9.62 Å². The number of hydrogen-bond donors (Lipinski definition) is 1. The SMILES string of the molecule is CC(NC(=O)c1cccc(S(=O)(=O)N2CCc3sccc3C2)c1)c1ccc(F)c(F)c1. The van der Waals surface area contributed by atoms with Gasteiger partial charge in [-0.3, -0.25) is 4.79 Å². The Morgan fingerprint density at radius 2 is 1.94 bits per heavy atom. The molecule has 0 bridgehead atoms. The Morgan fingerprint density at radius 1 is 1.13 bits per heavy atom. The summed E-state index contributed by atoms with van der Waals surface area (Å²) >= 11 is 1.63. The minimum absolute atomic E-state index is 0.0410. The van der Waals surface area contributed by atoms with Crippen LogP contribution in [0.15, 0.2) is 58.8 Å². The average molecular weight is 463 g/mol. The van der Waals surface area contributed by atoms with E-state index in [2.05, 4.69) is 5.32 Å². The van der Waals surface area contributed by atoms with Gasteiger partial charge in [-0.25, -0.2) is 17.2 Å². The topological polar surface area (TPSA) is 66.5 Å². The lowest BCUT2D eigenvalue weighted by Crippen LogP contribution is -2.35. The molecule has 1 aromatic heterocycles. The molecule has 31 heavy (non-hydrogen) atoms. The number of carbonyl (C=O) groups is 1. The van der Waals surface area contributed by atoms with Crippen molar-refractivity contribution in [3.05, 3.63) is 87.1 Å². The van der Waals surface area contributed by atoms with Crippen LogP contribution in [0.1, 0.15) is 39.3 Å². The van der Waals surface area contributed by atoms with Crippen LogP contribution in [0, 0.1) is 11.6 Å². The summed E-state index contributed by atoms with van der Waals surface area (Å²) in [6.45, 7) is 2.33. The molecule has 5 nitrogen and oxygen atoms in total. The monoisotopic (exact) mass is 462 g/mol. The van der Waals surface area contributed by atoms with Crippen LogP contribution in [-0.2, 0) is 23.0 Å². The molecule has 3 aromatic rings. The summed E-state index contributed by atoms with van der Waals surface area (Å²) in [5.41, 5.74) is 1.58. The number of fused-ring (bicyclic) bond motifs is 1. The number of carbonyl (C=O) groups excluding carboxylic acids is 1. The molecule has 0 spiro atoms. The molecule has 162 valence electrons. The zero-order chi connectivity index (χ0) is 22.2. The first-order valence-corrected chi connectivity index (χ1v) is 12.0. The van der Waals surface area contributed by atoms with Gasteiger partial charge in [-0.2, -0.15) is 4.31 Å². The van der Waals surface area contributed by atoms with Gasteiger partial charge in [-0.1, -0.05) is 12.1 Å². The van der Waals surface area contributed by atoms with Crippen molar-refractivity contribution in [2.45, 2.75) is 30.8 Å². The van der Waals surface area contributed by atoms with Gasteiger partial charge >= 0.3 is 0 Å². The van der Waals surface area contributed by atoms with Crippen molar-refractivity contribution in [1.29, 1.82) is 0 Å². The lowest BCUT2D eigenvalue weighted by Gasteiger charge is -2.26. The van der Waals surface area contributed by atoms with Crippen molar-refractivity contribution in [3.8, 4) is 0 Å². The summed E-state index contributed by atoms with van der Waals surface area (Å²) in [6.07, 6.45) is 0.665. The molecule has 1 unspecified atom stereocenters. The van der Waals surface area contributed by atoms with E-state index in [4.69, 9.17) is 0 Å². The molecule has 1 N–H and O–H groups in total. The van der Waals surface area contributed by atoms with E-state index in [1.807, 2.05) is 11.4 Å². The minimum atomic E-state index is -3.76. The van der Waals surface area contributed by atoms with Gasteiger partial charge < -0.3 is 5.32 Å². The Hall–Kier alpha value is -2.62. The number of nitrogens with one attached hydrogen (secondary N) is 1. The van der Waals surface area contributed by atoms with Crippen molar-refractivity contribution >= 4 is 27.3 Å². The highest BCUT2D eigenvalue weighted by Crippen LogP contribution is 2.28. The number of halogens is 2. The predicted molar refractivity (Wildman–Crippen MR) is 114 cm³/mol. The van der Waals surface area contributed by atoms with Gasteiger partial charge in [0.25, 0.3) is 5.91 Å². The highest BCUT2D eigenvalue weighted by molar-refractivity contribution is 7.89. The Kier molecular flexibility index (Phi) is 5.92. The molecule has 0 saturated carbocycles. The van der Waals surface area contributed by atoms with Gasteiger partial charge in [0.05, 0.1) is 10.9 Å². The van der Waals surface area contributed by atoms with E-state index in [1.165, 1.54) is 39.5 Å². The zero-order valence-corrected chi connectivity index (χ0v) is 18.3. The van der Waals surface area contributed by atoms with Crippen molar-refractivity contribution < 1.29 is 22.0 Å². The second-order valence-corrected chi connectivity index (χ2v) is 10.3. The van der Waals surface area contributed by atoms with Crippen LogP contribution in [0.2, 0.25) is 0 Å². The highest BCUT2D eigenvalue weighted by atomic mass is 32.2. The van der Waals surface area contributed by atoms with Crippen LogP contribution in [0.4, 0.5) is 8.78 Å². The fourth-order valence-electron chi connectivity index (χ4n) is 3.52. The van der Waals surface area contributed by atoms with E-state index < -0.39 is 33.6 Å². The van der Waals surface area contributed by atoms with Gasteiger partial charge in [0, 0.05) is 23.5 Å². The molecular weight excluding hydrogens is 442 g/mol. The molecule has 2 heterocycles. The Morgan fingerprint density at radius 3 is 2.71 bits per heavy atom. The smallest absolute Gasteiger partial charge is 0.251 e. The minimum Gasteiger partial charge on any atom is -0.346 e. The number of sulfonamides is 1. The summed E-state index contributed by atoms with van der Waals surface area (Å²) in [5, 5.41) is 4.65. The lowest BCUT2D eigenvalue weighted by molar-refractivity contribution is 0.0939. The Labute approximate surface area is 183 Å². The summed E-state index contributed by atoms with van der Waals surface area (Å²) in [7, 11) is -3.76. The average Bonchev–Trinajstić information content (AvgIpc) is 3.23. The van der Waals surface area contributed by atoms with Crippen LogP contribution in [-0.4, -0.2) is 25.2 Å². The van der Waals surface area contributed by atoms with Crippen molar-refractivity contribution in [2.75, 3.05) is 6.54 Å². The number of benzene rings is 2. The van der Waals surface area contributed by atoms with E-state index in [-0.39, 0.29) is 10.5 Å². The largest absolute Gasteiger partial charge is 0.346 e. The molecule has 9 heteroatoms. The number of nitrogens with zero attached hydrogens (tertiary/aromatic N) is 1. The third-order valence-corrected chi connectivity index (χ3v) is 8.16. The van der Waals surface area contributed by atoms with Crippen LogP contribution in [0.5, 0.6) is 0 Å². The summed E-state index contributed by atoms with van der Waals surface area (Å²) in [6, 6.07) is 10.6. The second-order valence-electron chi connectivity index (χ2n) is 7.35. The predicted octanol–water partition coefficient (Wildman–Crippen LogP) is 4.26. The number of rotatable bonds is 5. The molecule has 4 rings (SSSR count). The first-order valence-electron chi connectivity index (χ1n) is 9.67. The maximum Gasteiger partial charge on any atom is 0.251 e. The summed E-state index contributed by atoms with van der Waals surface area (Å²) < 4.78 is 54.3. The molecule has 2 aromatic carbocycles. The fraction of sp³-hybridized carbons (Fsp3) is 0.227. The van der Waals surface area contributed by atoms with Gasteiger partial charge in [-0.05, 0) is 66.2 Å². The number of amides is 1. The van der Waals surface area contributed by atoms with E-state index in [0.29, 0.717) is 25.1 Å². The highest BCUT2D eigenvalue weighted by Gasteiger charge is 2.29. The molecule has 1 aliphatic heterocycles. The third kappa shape index (κ3) is 4.39. The summed E-state index contributed by atoms with van der Waals surface area (Å²) in [5.74, 6) is -2.47. The van der Waals surface area contributed by atoms with Crippen LogP contribution in [0.25, 0.3) is 0 Å². The van der Waals surface area contributed by atoms with E-state index in [1.54, 1.807) is 18.3 Å². The number of thiophene rings is 1. The van der Waals surface area contributed by atoms with Gasteiger partial charge in [0.1, 0.15) is 0 Å². The zero-order valence-electron chi connectivity index (χ0n) is 16.6. The van der Waals surface area contributed by atoms with Crippen LogP contribution >= 0.6 is 11.3 Å². The van der Waals surface area contributed by atoms with Crippen LogP contribution < -0.4 is 5.32 Å². The quantitative estimate of drug-likeness (QED) is 0.616. The number of hydrogen-bond acceptors (Lipinski definition) is 4. The molecule has 1 atom stereocenters. The molecular formula is C22H20F2N2O3S2. The standard InChI is InChI=1S/C22H20F2N2O3S2/c1-14(15-5-6-19(23)20(24)12-15)25-22(27)16-3-2-4-18(11-16)31(28,29)26-9-7-21-17(13-26)8-10-30-21/h2-6,8,10-12,14H,7,9,13H2,1H3,(H,25,27). The summed E-state index contributed by atoms with van der Waals surface area (Å²) in [4.78, 5) is 13.9. The fourth-order valence-corrected chi connectivity index (χ4v) is 5.87. The first-order chi connectivity index (χ1) is 14.8. The van der Waals surface area contributed by atoms with E-state index >= 15 is 0 Å². The lowest BCUT2D eigenvalue weighted by atomic mass is 10.1. The second kappa shape index (κ2) is 8.49. The maximum atomic E-state index is 13.5. The van der Waals surface area contributed by atoms with Crippen LogP contribution in [0.3, 0.4) is 0 Å². The molecule has 0 radical (unpaired) electrons. The molecule has 0 saturated heterocycles. The maximum absolute atomic E-state index is 13.5. The van der Waals surface area contributed by atoms with Gasteiger partial charge in [0.15, 0.2) is 11.6 Å². The molecule has 1 amide bonds. The van der Waals surface area contributed by atoms with Gasteiger partial charge in [0.2, 0.25) is 10.0 Å². The first kappa shape index (κ1) is 21.6. The normalized spacial score (nSPS) is 15.3. The van der Waals surface area contributed by atoms with Crippen molar-refractivity contribution in [3.63, 3.8) is 0 Å². The van der Waals surface area contributed by atoms with Gasteiger partial charge in [-0.15, -0.1) is 11.3 Å². The van der Waals surface area contributed by atoms with E-state index in [0.717, 1.165) is 17.7 Å². The third-order valence-electron chi connectivity index (χ3n) is 5.30. The molecule has 1 aliphatic rings. The van der Waals surface area contributed by atoms with E-state index in [9.17, 15) is 22.0 Å². The van der Waals surface area contributed by atoms with Crippen molar-refractivity contribution in [2.24, 2.45) is 0 Å². The Bertz CT molecular complexity index is 1240. The Balaban J connectivity index is 1.52. The molecule has 0 aliphatic carbocycles.